The third-order valence-electron chi connectivity index (χ3n) is 2.89. The van der Waals surface area contributed by atoms with Crippen LogP contribution in [0.25, 0.3) is 0 Å². The summed E-state index contributed by atoms with van der Waals surface area (Å²) in [7, 11) is 0. The van der Waals surface area contributed by atoms with Crippen molar-refractivity contribution in [3.63, 3.8) is 0 Å². The molecule has 0 aliphatic heterocycles. The van der Waals surface area contributed by atoms with Gasteiger partial charge in [-0.3, -0.25) is 0 Å². The lowest BCUT2D eigenvalue weighted by Gasteiger charge is -2.19. The standard InChI is InChI=1S/C12H17NO3/c1-3-7(2)11(13)8-4-5-10(14)9(6-8)12(15)16/h4-7,11,14H,3,13H2,1-2H3,(H,15,16)/t7?,11-/m1/s1. The van der Waals surface area contributed by atoms with Crippen molar-refractivity contribution in [2.24, 2.45) is 11.7 Å². The Morgan fingerprint density at radius 1 is 1.50 bits per heavy atom. The van der Waals surface area contributed by atoms with Crippen LogP contribution in [0.2, 0.25) is 0 Å². The molecular weight excluding hydrogens is 206 g/mol. The van der Waals surface area contributed by atoms with Crippen molar-refractivity contribution in [1.29, 1.82) is 0 Å². The van der Waals surface area contributed by atoms with Gasteiger partial charge in [-0.25, -0.2) is 4.79 Å². The minimum atomic E-state index is -1.14. The molecule has 16 heavy (non-hydrogen) atoms. The van der Waals surface area contributed by atoms with E-state index in [2.05, 4.69) is 0 Å². The van der Waals surface area contributed by atoms with Crippen LogP contribution < -0.4 is 5.73 Å². The van der Waals surface area contributed by atoms with E-state index in [0.29, 0.717) is 0 Å². The number of hydrogen-bond acceptors (Lipinski definition) is 3. The number of nitrogens with two attached hydrogens (primary N) is 1. The number of aromatic hydroxyl groups is 1. The smallest absolute Gasteiger partial charge is 0.339 e. The van der Waals surface area contributed by atoms with Gasteiger partial charge in [0, 0.05) is 6.04 Å². The Kier molecular flexibility index (Phi) is 3.90. The molecule has 88 valence electrons. The Morgan fingerprint density at radius 3 is 2.62 bits per heavy atom. The maximum absolute atomic E-state index is 10.8. The number of benzene rings is 1. The molecule has 1 aromatic rings. The normalized spacial score (nSPS) is 14.4. The maximum Gasteiger partial charge on any atom is 0.339 e. The zero-order valence-electron chi connectivity index (χ0n) is 9.47. The highest BCUT2D eigenvalue weighted by molar-refractivity contribution is 5.90. The molecule has 0 aromatic heterocycles. The summed E-state index contributed by atoms with van der Waals surface area (Å²) in [5.41, 5.74) is 6.63. The van der Waals surface area contributed by atoms with Gasteiger partial charge in [-0.2, -0.15) is 0 Å². The number of carboxylic acids is 1. The van der Waals surface area contributed by atoms with Crippen LogP contribution in [0.3, 0.4) is 0 Å². The van der Waals surface area contributed by atoms with Crippen LogP contribution in [-0.2, 0) is 0 Å². The van der Waals surface area contributed by atoms with Gasteiger partial charge in [-0.15, -0.1) is 0 Å². The average molecular weight is 223 g/mol. The summed E-state index contributed by atoms with van der Waals surface area (Å²) in [5.74, 6) is -1.10. The van der Waals surface area contributed by atoms with Crippen molar-refractivity contribution >= 4 is 5.97 Å². The van der Waals surface area contributed by atoms with Crippen molar-refractivity contribution in [1.82, 2.24) is 0 Å². The molecule has 0 aliphatic rings. The average Bonchev–Trinajstić information content (AvgIpc) is 2.27. The summed E-state index contributed by atoms with van der Waals surface area (Å²) in [6.07, 6.45) is 0.921. The first-order chi connectivity index (χ1) is 7.47. The Balaban J connectivity index is 3.07. The quantitative estimate of drug-likeness (QED) is 0.730. The molecule has 0 fully saturated rings. The molecule has 4 heteroatoms. The van der Waals surface area contributed by atoms with Crippen LogP contribution in [0.15, 0.2) is 18.2 Å². The van der Waals surface area contributed by atoms with Crippen LogP contribution >= 0.6 is 0 Å². The third kappa shape index (κ3) is 2.52. The highest BCUT2D eigenvalue weighted by Crippen LogP contribution is 2.26. The Morgan fingerprint density at radius 2 is 2.12 bits per heavy atom. The molecule has 2 atom stereocenters. The van der Waals surface area contributed by atoms with Crippen molar-refractivity contribution in [3.8, 4) is 5.75 Å². The van der Waals surface area contributed by atoms with Crippen molar-refractivity contribution in [3.05, 3.63) is 29.3 Å². The molecule has 0 amide bonds. The minimum Gasteiger partial charge on any atom is -0.507 e. The Hall–Kier alpha value is -1.55. The van der Waals surface area contributed by atoms with E-state index in [1.54, 1.807) is 6.07 Å². The summed E-state index contributed by atoms with van der Waals surface area (Å²) in [6.45, 7) is 4.04. The van der Waals surface area contributed by atoms with Gasteiger partial charge < -0.3 is 15.9 Å². The predicted molar refractivity (Wildman–Crippen MR) is 61.4 cm³/mol. The molecule has 1 aromatic carbocycles. The molecule has 0 saturated carbocycles. The predicted octanol–water partition coefficient (Wildman–Crippen LogP) is 2.14. The Bertz CT molecular complexity index is 390. The largest absolute Gasteiger partial charge is 0.507 e. The van der Waals surface area contributed by atoms with Crippen molar-refractivity contribution in [2.75, 3.05) is 0 Å². The molecule has 0 heterocycles. The highest BCUT2D eigenvalue weighted by Gasteiger charge is 2.17. The van der Waals surface area contributed by atoms with Crippen molar-refractivity contribution < 1.29 is 15.0 Å². The van der Waals surface area contributed by atoms with E-state index in [-0.39, 0.29) is 23.3 Å². The summed E-state index contributed by atoms with van der Waals surface area (Å²) >= 11 is 0. The van der Waals surface area contributed by atoms with Crippen molar-refractivity contribution in [2.45, 2.75) is 26.3 Å². The summed E-state index contributed by atoms with van der Waals surface area (Å²) in [6, 6.07) is 4.28. The molecule has 0 spiro atoms. The van der Waals surface area contributed by atoms with Gasteiger partial charge in [0.05, 0.1) is 0 Å². The van der Waals surface area contributed by atoms with Gasteiger partial charge in [0.15, 0.2) is 0 Å². The molecule has 4 nitrogen and oxygen atoms in total. The second-order valence-electron chi connectivity index (χ2n) is 3.99. The first-order valence-corrected chi connectivity index (χ1v) is 5.29. The number of carboxylic acid groups (broad SMARTS) is 1. The highest BCUT2D eigenvalue weighted by atomic mass is 16.4. The van der Waals surface area contributed by atoms with Gasteiger partial charge in [-0.1, -0.05) is 26.3 Å². The van der Waals surface area contributed by atoms with E-state index in [9.17, 15) is 9.90 Å². The number of aromatic carboxylic acids is 1. The lowest BCUT2D eigenvalue weighted by Crippen LogP contribution is -2.18. The van der Waals surface area contributed by atoms with Crippen LogP contribution in [0, 0.1) is 5.92 Å². The molecule has 1 unspecified atom stereocenters. The fraction of sp³-hybridized carbons (Fsp3) is 0.417. The summed E-state index contributed by atoms with van der Waals surface area (Å²) < 4.78 is 0. The van der Waals surface area contributed by atoms with Gasteiger partial charge in [0.2, 0.25) is 0 Å². The van der Waals surface area contributed by atoms with Crippen LogP contribution in [0.5, 0.6) is 5.75 Å². The number of rotatable bonds is 4. The van der Waals surface area contributed by atoms with Crippen LogP contribution in [0.4, 0.5) is 0 Å². The SMILES string of the molecule is CCC(C)[C@@H](N)c1ccc(O)c(C(=O)O)c1. The molecule has 0 bridgehead atoms. The minimum absolute atomic E-state index is 0.101. The number of hydrogen-bond donors (Lipinski definition) is 3. The summed E-state index contributed by atoms with van der Waals surface area (Å²) in [5, 5.41) is 18.2. The van der Waals surface area contributed by atoms with E-state index in [0.717, 1.165) is 12.0 Å². The van der Waals surface area contributed by atoms with E-state index in [1.807, 2.05) is 13.8 Å². The van der Waals surface area contributed by atoms with E-state index in [4.69, 9.17) is 10.8 Å². The fourth-order valence-electron chi connectivity index (χ4n) is 1.51. The monoisotopic (exact) mass is 223 g/mol. The van der Waals surface area contributed by atoms with E-state index >= 15 is 0 Å². The lowest BCUT2D eigenvalue weighted by atomic mass is 9.92. The second kappa shape index (κ2) is 4.99. The number of phenols is 1. The van der Waals surface area contributed by atoms with Gasteiger partial charge in [0.25, 0.3) is 0 Å². The van der Waals surface area contributed by atoms with E-state index < -0.39 is 5.97 Å². The molecule has 1 rings (SSSR count). The van der Waals surface area contributed by atoms with Gasteiger partial charge >= 0.3 is 5.97 Å². The molecule has 0 saturated heterocycles. The number of carbonyl (C=O) groups is 1. The molecular formula is C12H17NO3. The van der Waals surface area contributed by atoms with Gasteiger partial charge in [0.1, 0.15) is 11.3 Å². The topological polar surface area (TPSA) is 83.5 Å². The third-order valence-corrected chi connectivity index (χ3v) is 2.89. The molecule has 0 aliphatic carbocycles. The first kappa shape index (κ1) is 12.5. The second-order valence-corrected chi connectivity index (χ2v) is 3.99. The molecule has 4 N–H and O–H groups in total. The zero-order valence-corrected chi connectivity index (χ0v) is 9.47. The van der Waals surface area contributed by atoms with E-state index in [1.165, 1.54) is 12.1 Å². The Labute approximate surface area is 94.7 Å². The van der Waals surface area contributed by atoms with Crippen LogP contribution in [-0.4, -0.2) is 16.2 Å². The van der Waals surface area contributed by atoms with Crippen LogP contribution in [0.1, 0.15) is 42.2 Å². The molecule has 0 radical (unpaired) electrons. The maximum atomic E-state index is 10.8. The fourth-order valence-corrected chi connectivity index (χ4v) is 1.51. The zero-order chi connectivity index (χ0) is 12.3. The summed E-state index contributed by atoms with van der Waals surface area (Å²) in [4.78, 5) is 10.8. The first-order valence-electron chi connectivity index (χ1n) is 5.29. The van der Waals surface area contributed by atoms with Gasteiger partial charge in [-0.05, 0) is 23.6 Å². The lowest BCUT2D eigenvalue weighted by molar-refractivity contribution is 0.0693.